The van der Waals surface area contributed by atoms with Crippen LogP contribution in [0.25, 0.3) is 0 Å². The topological polar surface area (TPSA) is 79.8 Å². The Kier molecular flexibility index (Phi) is 12.3. The molecule has 0 radical (unpaired) electrons. The number of benzene rings is 1. The first-order chi connectivity index (χ1) is 16.6. The number of carbonyl (C=O) groups excluding carboxylic acids is 1. The second-order valence-electron chi connectivity index (χ2n) is 8.00. The van der Waals surface area contributed by atoms with Crippen molar-refractivity contribution in [3.63, 3.8) is 0 Å². The second kappa shape index (κ2) is 15.2. The number of hydrogen-bond acceptors (Lipinski definition) is 7. The molecule has 1 aliphatic heterocycles. The van der Waals surface area contributed by atoms with Gasteiger partial charge in [-0.15, -0.1) is 0 Å². The zero-order chi connectivity index (χ0) is 24.8. The van der Waals surface area contributed by atoms with Gasteiger partial charge in [0.05, 0.1) is 13.2 Å². The minimum atomic E-state index is -0.273. The average molecular weight is 474 g/mol. The maximum absolute atomic E-state index is 13.0. The Morgan fingerprint density at radius 3 is 2.50 bits per heavy atom. The molecule has 8 nitrogen and oxygen atoms in total. The number of ether oxygens (including phenoxy) is 2. The minimum absolute atomic E-state index is 0. The van der Waals surface area contributed by atoms with Gasteiger partial charge in [-0.05, 0) is 37.5 Å². The standard InChI is InChI=1S/C24H35N5O3.C2H6.H2/c1-4-9-29(10-5-2)24-26-21(23(30)25-20-8-6-7-19(3)17-20)18-22(27-24)32-16-13-28-11-14-31-15-12-28;1-2;/h6-8,17-18H,4-5,9-16H2,1-3H3,(H,25,30);1-2H3;1H. The van der Waals surface area contributed by atoms with Crippen LogP contribution in [0.2, 0.25) is 0 Å². The summed E-state index contributed by atoms with van der Waals surface area (Å²) in [5.74, 6) is 0.687. The Balaban J connectivity index is 0.00000199. The summed E-state index contributed by atoms with van der Waals surface area (Å²) in [6, 6.07) is 9.34. The van der Waals surface area contributed by atoms with Gasteiger partial charge >= 0.3 is 0 Å². The number of nitrogens with one attached hydrogen (secondary N) is 1. The quantitative estimate of drug-likeness (QED) is 0.509. The third-order valence-corrected chi connectivity index (χ3v) is 5.23. The van der Waals surface area contributed by atoms with Crippen LogP contribution in [0.1, 0.15) is 58.0 Å². The van der Waals surface area contributed by atoms with E-state index in [-0.39, 0.29) is 7.33 Å². The van der Waals surface area contributed by atoms with Crippen LogP contribution >= 0.6 is 0 Å². The molecule has 3 rings (SSSR count). The third-order valence-electron chi connectivity index (χ3n) is 5.23. The number of aromatic nitrogens is 2. The zero-order valence-electron chi connectivity index (χ0n) is 21.5. The molecule has 0 bridgehead atoms. The molecule has 1 fully saturated rings. The number of aryl methyl sites for hydroxylation is 1. The highest BCUT2D eigenvalue weighted by atomic mass is 16.5. The summed E-state index contributed by atoms with van der Waals surface area (Å²) in [6.45, 7) is 16.5. The molecule has 1 amide bonds. The Morgan fingerprint density at radius 1 is 1.15 bits per heavy atom. The number of anilines is 2. The molecule has 8 heteroatoms. The lowest BCUT2D eigenvalue weighted by molar-refractivity contribution is 0.0320. The smallest absolute Gasteiger partial charge is 0.274 e. The summed E-state index contributed by atoms with van der Waals surface area (Å²) in [7, 11) is 0. The van der Waals surface area contributed by atoms with E-state index in [1.54, 1.807) is 6.07 Å². The van der Waals surface area contributed by atoms with Gasteiger partial charge in [-0.1, -0.05) is 39.8 Å². The lowest BCUT2D eigenvalue weighted by Gasteiger charge is -2.26. The number of nitrogens with zero attached hydrogens (tertiary/aromatic N) is 4. The van der Waals surface area contributed by atoms with E-state index in [9.17, 15) is 4.79 Å². The highest BCUT2D eigenvalue weighted by molar-refractivity contribution is 6.03. The van der Waals surface area contributed by atoms with Crippen molar-refractivity contribution in [2.24, 2.45) is 0 Å². The Bertz CT molecular complexity index is 872. The summed E-state index contributed by atoms with van der Waals surface area (Å²) in [4.78, 5) is 26.6. The summed E-state index contributed by atoms with van der Waals surface area (Å²) in [5, 5.41) is 2.94. The van der Waals surface area contributed by atoms with E-state index in [1.165, 1.54) is 0 Å². The predicted molar refractivity (Wildman–Crippen MR) is 140 cm³/mol. The van der Waals surface area contributed by atoms with Crippen molar-refractivity contribution >= 4 is 17.5 Å². The first kappa shape index (κ1) is 27.5. The van der Waals surface area contributed by atoms with Gasteiger partial charge in [0.25, 0.3) is 5.91 Å². The van der Waals surface area contributed by atoms with Crippen LogP contribution in [-0.2, 0) is 4.74 Å². The third kappa shape index (κ3) is 8.91. The lowest BCUT2D eigenvalue weighted by atomic mass is 10.2. The van der Waals surface area contributed by atoms with E-state index in [2.05, 4.69) is 38.9 Å². The van der Waals surface area contributed by atoms with Crippen molar-refractivity contribution in [1.82, 2.24) is 14.9 Å². The first-order valence-electron chi connectivity index (χ1n) is 12.5. The van der Waals surface area contributed by atoms with Crippen molar-refractivity contribution in [2.75, 3.05) is 62.8 Å². The van der Waals surface area contributed by atoms with Crippen molar-refractivity contribution in [1.29, 1.82) is 0 Å². The van der Waals surface area contributed by atoms with E-state index < -0.39 is 0 Å². The van der Waals surface area contributed by atoms with Crippen LogP contribution in [0.5, 0.6) is 5.88 Å². The molecule has 190 valence electrons. The molecule has 2 aromatic rings. The molecule has 1 saturated heterocycles. The molecule has 1 aromatic heterocycles. The van der Waals surface area contributed by atoms with E-state index in [0.29, 0.717) is 24.1 Å². The fraction of sp³-hybridized carbons (Fsp3) is 0.577. The Morgan fingerprint density at radius 2 is 1.85 bits per heavy atom. The summed E-state index contributed by atoms with van der Waals surface area (Å²) in [5.41, 5.74) is 2.12. The molecule has 1 aromatic carbocycles. The van der Waals surface area contributed by atoms with Crippen LogP contribution in [0.3, 0.4) is 0 Å². The van der Waals surface area contributed by atoms with Crippen molar-refractivity contribution in [3.05, 3.63) is 41.6 Å². The Labute approximate surface area is 206 Å². The molecule has 0 saturated carbocycles. The Hall–Kier alpha value is -2.71. The molecule has 2 heterocycles. The summed E-state index contributed by atoms with van der Waals surface area (Å²) >= 11 is 0. The zero-order valence-corrected chi connectivity index (χ0v) is 21.5. The van der Waals surface area contributed by atoms with Crippen LogP contribution in [0.15, 0.2) is 30.3 Å². The van der Waals surface area contributed by atoms with Crippen LogP contribution in [0.4, 0.5) is 11.6 Å². The van der Waals surface area contributed by atoms with Gasteiger partial charge in [0.1, 0.15) is 12.3 Å². The van der Waals surface area contributed by atoms with E-state index in [1.807, 2.05) is 45.0 Å². The van der Waals surface area contributed by atoms with Crippen molar-refractivity contribution in [2.45, 2.75) is 47.5 Å². The van der Waals surface area contributed by atoms with Crippen LogP contribution < -0.4 is 15.0 Å². The molecule has 0 spiro atoms. The fourth-order valence-corrected chi connectivity index (χ4v) is 3.62. The number of hydrogen-bond donors (Lipinski definition) is 1. The monoisotopic (exact) mass is 473 g/mol. The van der Waals surface area contributed by atoms with Gasteiger partial charge < -0.3 is 19.7 Å². The lowest BCUT2D eigenvalue weighted by Crippen LogP contribution is -2.38. The maximum atomic E-state index is 13.0. The van der Waals surface area contributed by atoms with Gasteiger partial charge in [0.15, 0.2) is 0 Å². The molecule has 0 atom stereocenters. The number of morpholine rings is 1. The van der Waals surface area contributed by atoms with E-state index in [4.69, 9.17) is 9.47 Å². The van der Waals surface area contributed by atoms with Crippen molar-refractivity contribution < 1.29 is 15.7 Å². The molecule has 0 unspecified atom stereocenters. The molecular formula is C26H43N5O3. The second-order valence-corrected chi connectivity index (χ2v) is 8.00. The van der Waals surface area contributed by atoms with Crippen LogP contribution in [0, 0.1) is 6.92 Å². The van der Waals surface area contributed by atoms with Gasteiger partial charge in [-0.2, -0.15) is 4.98 Å². The number of amides is 1. The molecular weight excluding hydrogens is 430 g/mol. The maximum Gasteiger partial charge on any atom is 0.274 e. The summed E-state index contributed by atoms with van der Waals surface area (Å²) in [6.07, 6.45) is 1.94. The average Bonchev–Trinajstić information content (AvgIpc) is 2.86. The SMILES string of the molecule is CC.CCCN(CCC)c1nc(OCCN2CCOCC2)cc(C(=O)Nc2cccc(C)c2)n1.[HH]. The van der Waals surface area contributed by atoms with Gasteiger partial charge in [0, 0.05) is 45.9 Å². The molecule has 0 aliphatic carbocycles. The van der Waals surface area contributed by atoms with Gasteiger partial charge in [-0.3, -0.25) is 9.69 Å². The van der Waals surface area contributed by atoms with Gasteiger partial charge in [-0.25, -0.2) is 4.98 Å². The largest absolute Gasteiger partial charge is 0.476 e. The van der Waals surface area contributed by atoms with E-state index in [0.717, 1.165) is 70.0 Å². The number of rotatable bonds is 11. The minimum Gasteiger partial charge on any atom is -0.476 e. The summed E-state index contributed by atoms with van der Waals surface area (Å²) < 4.78 is 11.4. The van der Waals surface area contributed by atoms with Crippen molar-refractivity contribution in [3.8, 4) is 5.88 Å². The molecule has 1 N–H and O–H groups in total. The highest BCUT2D eigenvalue weighted by Crippen LogP contribution is 2.19. The normalized spacial score (nSPS) is 13.6. The van der Waals surface area contributed by atoms with Gasteiger partial charge in [0.2, 0.25) is 11.8 Å². The van der Waals surface area contributed by atoms with E-state index >= 15 is 0 Å². The fourth-order valence-electron chi connectivity index (χ4n) is 3.62. The molecule has 34 heavy (non-hydrogen) atoms. The van der Waals surface area contributed by atoms with Crippen LogP contribution in [-0.4, -0.2) is 73.3 Å². The number of carbonyl (C=O) groups is 1. The predicted octanol–water partition coefficient (Wildman–Crippen LogP) is 4.65. The first-order valence-corrected chi connectivity index (χ1v) is 12.5. The molecule has 1 aliphatic rings. The highest BCUT2D eigenvalue weighted by Gasteiger charge is 2.17.